The molecule has 0 saturated carbocycles. The van der Waals surface area contributed by atoms with Gasteiger partial charge in [-0.25, -0.2) is 4.98 Å². The maximum Gasteiger partial charge on any atom is 0.255 e. The van der Waals surface area contributed by atoms with Crippen molar-refractivity contribution in [2.75, 3.05) is 29.6 Å². The van der Waals surface area contributed by atoms with Crippen molar-refractivity contribution in [3.63, 3.8) is 0 Å². The number of carbonyl (C=O) groups is 1. The standard InChI is InChI=1S/C25H26N6O/c1-17-8-5-6-11-22(17)28-24-23(13-19(14-26-24)20-15-27-31(4)16-20)29-25(32)18-9-7-10-21(12-18)30(2)3/h5-16H,1-4H3,(H,26,28)(H,29,32). The van der Waals surface area contributed by atoms with Gasteiger partial charge in [-0.15, -0.1) is 0 Å². The van der Waals surface area contributed by atoms with Crippen LogP contribution in [0.1, 0.15) is 15.9 Å². The number of hydrogen-bond donors (Lipinski definition) is 2. The van der Waals surface area contributed by atoms with Gasteiger partial charge in [0.1, 0.15) is 0 Å². The number of rotatable bonds is 6. The number of nitrogens with zero attached hydrogens (tertiary/aromatic N) is 4. The molecule has 2 aromatic carbocycles. The van der Waals surface area contributed by atoms with E-state index in [1.54, 1.807) is 23.1 Å². The van der Waals surface area contributed by atoms with Crippen molar-refractivity contribution in [3.05, 3.63) is 84.3 Å². The highest BCUT2D eigenvalue weighted by Crippen LogP contribution is 2.30. The van der Waals surface area contributed by atoms with Crippen molar-refractivity contribution in [2.45, 2.75) is 6.92 Å². The van der Waals surface area contributed by atoms with E-state index in [1.807, 2.05) is 87.7 Å². The van der Waals surface area contributed by atoms with Crippen LogP contribution in [-0.4, -0.2) is 34.8 Å². The summed E-state index contributed by atoms with van der Waals surface area (Å²) >= 11 is 0. The van der Waals surface area contributed by atoms with Crippen molar-refractivity contribution in [1.29, 1.82) is 0 Å². The smallest absolute Gasteiger partial charge is 0.255 e. The van der Waals surface area contributed by atoms with Crippen molar-refractivity contribution in [1.82, 2.24) is 14.8 Å². The Morgan fingerprint density at radius 1 is 0.969 bits per heavy atom. The average molecular weight is 427 g/mol. The molecule has 7 heteroatoms. The number of benzene rings is 2. The predicted molar refractivity (Wildman–Crippen MR) is 130 cm³/mol. The van der Waals surface area contributed by atoms with E-state index in [-0.39, 0.29) is 5.91 Å². The largest absolute Gasteiger partial charge is 0.378 e. The van der Waals surface area contributed by atoms with E-state index in [0.29, 0.717) is 17.1 Å². The molecule has 4 aromatic rings. The van der Waals surface area contributed by atoms with E-state index in [1.165, 1.54) is 0 Å². The molecule has 2 aromatic heterocycles. The minimum absolute atomic E-state index is 0.202. The van der Waals surface area contributed by atoms with Gasteiger partial charge in [0.2, 0.25) is 0 Å². The highest BCUT2D eigenvalue weighted by atomic mass is 16.1. The van der Waals surface area contributed by atoms with Crippen LogP contribution in [-0.2, 0) is 7.05 Å². The SMILES string of the molecule is Cc1ccccc1Nc1ncc(-c2cnn(C)c2)cc1NC(=O)c1cccc(N(C)C)c1. The zero-order chi connectivity index (χ0) is 22.7. The molecule has 0 fully saturated rings. The Morgan fingerprint density at radius 3 is 2.50 bits per heavy atom. The van der Waals surface area contributed by atoms with Gasteiger partial charge in [-0.2, -0.15) is 5.10 Å². The van der Waals surface area contributed by atoms with E-state index in [2.05, 4.69) is 20.7 Å². The molecule has 4 rings (SSSR count). The third-order valence-electron chi connectivity index (χ3n) is 5.20. The van der Waals surface area contributed by atoms with Crippen LogP contribution in [0.25, 0.3) is 11.1 Å². The van der Waals surface area contributed by atoms with E-state index in [4.69, 9.17) is 0 Å². The number of para-hydroxylation sites is 1. The number of anilines is 4. The molecule has 0 aliphatic carbocycles. The van der Waals surface area contributed by atoms with Crippen LogP contribution in [0.2, 0.25) is 0 Å². The van der Waals surface area contributed by atoms with Crippen LogP contribution >= 0.6 is 0 Å². The predicted octanol–water partition coefficient (Wildman–Crippen LogP) is 4.85. The molecule has 162 valence electrons. The monoisotopic (exact) mass is 426 g/mol. The highest BCUT2D eigenvalue weighted by molar-refractivity contribution is 6.06. The van der Waals surface area contributed by atoms with Crippen molar-refractivity contribution < 1.29 is 4.79 Å². The maximum atomic E-state index is 13.1. The van der Waals surface area contributed by atoms with Gasteiger partial charge in [-0.05, 0) is 42.8 Å². The van der Waals surface area contributed by atoms with Crippen LogP contribution in [0.3, 0.4) is 0 Å². The van der Waals surface area contributed by atoms with Crippen LogP contribution in [0, 0.1) is 6.92 Å². The van der Waals surface area contributed by atoms with Crippen LogP contribution in [0.15, 0.2) is 73.2 Å². The lowest BCUT2D eigenvalue weighted by molar-refractivity contribution is 0.102. The van der Waals surface area contributed by atoms with Gasteiger partial charge in [0.25, 0.3) is 5.91 Å². The van der Waals surface area contributed by atoms with Gasteiger partial charge < -0.3 is 15.5 Å². The number of aryl methyl sites for hydroxylation is 2. The Kier molecular flexibility index (Phi) is 5.89. The first-order valence-electron chi connectivity index (χ1n) is 10.3. The molecule has 0 bridgehead atoms. The van der Waals surface area contributed by atoms with Gasteiger partial charge >= 0.3 is 0 Å². The molecule has 0 aliphatic heterocycles. The number of amides is 1. The fourth-order valence-corrected chi connectivity index (χ4v) is 3.35. The zero-order valence-electron chi connectivity index (χ0n) is 18.6. The molecule has 0 atom stereocenters. The lowest BCUT2D eigenvalue weighted by Gasteiger charge is -2.16. The highest BCUT2D eigenvalue weighted by Gasteiger charge is 2.14. The Morgan fingerprint density at radius 2 is 1.78 bits per heavy atom. The Hall–Kier alpha value is -4.13. The Labute approximate surface area is 187 Å². The molecule has 7 nitrogen and oxygen atoms in total. The molecule has 1 amide bonds. The summed E-state index contributed by atoms with van der Waals surface area (Å²) in [5, 5.41) is 10.6. The second kappa shape index (κ2) is 8.93. The summed E-state index contributed by atoms with van der Waals surface area (Å²) in [6, 6.07) is 17.4. The number of hydrogen-bond acceptors (Lipinski definition) is 5. The Balaban J connectivity index is 1.70. The lowest BCUT2D eigenvalue weighted by atomic mass is 10.1. The van der Waals surface area contributed by atoms with Crippen molar-refractivity contribution in [2.24, 2.45) is 7.05 Å². The summed E-state index contributed by atoms with van der Waals surface area (Å²) in [5.74, 6) is 0.371. The summed E-state index contributed by atoms with van der Waals surface area (Å²) in [7, 11) is 5.76. The number of pyridine rings is 1. The summed E-state index contributed by atoms with van der Waals surface area (Å²) in [4.78, 5) is 19.7. The normalized spacial score (nSPS) is 10.6. The van der Waals surface area contributed by atoms with E-state index in [0.717, 1.165) is 28.1 Å². The average Bonchev–Trinajstić information content (AvgIpc) is 3.22. The minimum Gasteiger partial charge on any atom is -0.378 e. The van der Waals surface area contributed by atoms with Gasteiger partial charge in [0.05, 0.1) is 11.9 Å². The summed E-state index contributed by atoms with van der Waals surface area (Å²) in [6.45, 7) is 2.03. The molecular weight excluding hydrogens is 400 g/mol. The zero-order valence-corrected chi connectivity index (χ0v) is 18.6. The first-order valence-corrected chi connectivity index (χ1v) is 10.3. The minimum atomic E-state index is -0.202. The van der Waals surface area contributed by atoms with Crippen LogP contribution < -0.4 is 15.5 Å². The molecule has 0 radical (unpaired) electrons. The van der Waals surface area contributed by atoms with E-state index >= 15 is 0 Å². The molecular formula is C25H26N6O. The molecule has 2 heterocycles. The van der Waals surface area contributed by atoms with Gasteiger partial charge in [-0.1, -0.05) is 24.3 Å². The quantitative estimate of drug-likeness (QED) is 0.461. The van der Waals surface area contributed by atoms with Gasteiger partial charge in [0, 0.05) is 61.6 Å². The summed E-state index contributed by atoms with van der Waals surface area (Å²) in [6.07, 6.45) is 5.47. The van der Waals surface area contributed by atoms with Gasteiger partial charge in [0.15, 0.2) is 5.82 Å². The lowest BCUT2D eigenvalue weighted by Crippen LogP contribution is -2.15. The molecule has 32 heavy (non-hydrogen) atoms. The molecule has 0 spiro atoms. The third kappa shape index (κ3) is 4.62. The number of nitrogens with one attached hydrogen (secondary N) is 2. The second-order valence-electron chi connectivity index (χ2n) is 7.86. The van der Waals surface area contributed by atoms with E-state index in [9.17, 15) is 4.79 Å². The summed E-state index contributed by atoms with van der Waals surface area (Å²) < 4.78 is 1.74. The molecule has 0 unspecified atom stereocenters. The molecule has 0 saturated heterocycles. The summed E-state index contributed by atoms with van der Waals surface area (Å²) in [5.41, 5.74) is 5.93. The first-order chi connectivity index (χ1) is 15.4. The van der Waals surface area contributed by atoms with Crippen molar-refractivity contribution >= 4 is 28.8 Å². The number of carbonyl (C=O) groups excluding carboxylic acids is 1. The van der Waals surface area contributed by atoms with Crippen LogP contribution in [0.5, 0.6) is 0 Å². The maximum absolute atomic E-state index is 13.1. The third-order valence-corrected chi connectivity index (χ3v) is 5.20. The van der Waals surface area contributed by atoms with E-state index < -0.39 is 0 Å². The fraction of sp³-hybridized carbons (Fsp3) is 0.160. The Bertz CT molecular complexity index is 1260. The fourth-order valence-electron chi connectivity index (χ4n) is 3.35. The first kappa shape index (κ1) is 21.1. The second-order valence-corrected chi connectivity index (χ2v) is 7.86. The van der Waals surface area contributed by atoms with Gasteiger partial charge in [-0.3, -0.25) is 9.48 Å². The molecule has 0 aliphatic rings. The topological polar surface area (TPSA) is 75.1 Å². The van der Waals surface area contributed by atoms with Crippen molar-refractivity contribution in [3.8, 4) is 11.1 Å². The molecule has 2 N–H and O–H groups in total. The van der Waals surface area contributed by atoms with Crippen LogP contribution in [0.4, 0.5) is 22.9 Å². The number of aromatic nitrogens is 3.